The molecule has 3 rings (SSSR count). The van der Waals surface area contributed by atoms with Gasteiger partial charge in [0.2, 0.25) is 5.75 Å². The third-order valence-electron chi connectivity index (χ3n) is 4.37. The van der Waals surface area contributed by atoms with Crippen molar-refractivity contribution >= 4 is 18.4 Å². The van der Waals surface area contributed by atoms with Gasteiger partial charge in [0.1, 0.15) is 6.20 Å². The van der Waals surface area contributed by atoms with Crippen LogP contribution in [0, 0.1) is 10.1 Å². The van der Waals surface area contributed by atoms with Crippen LogP contribution in [0.1, 0.15) is 40.5 Å². The van der Waals surface area contributed by atoms with Crippen molar-refractivity contribution in [1.82, 2.24) is 4.98 Å². The molecule has 2 fully saturated rings. The van der Waals surface area contributed by atoms with Crippen LogP contribution in [0.3, 0.4) is 0 Å². The first-order valence-electron chi connectivity index (χ1n) is 7.36. The van der Waals surface area contributed by atoms with E-state index in [-0.39, 0.29) is 17.7 Å². The number of nitro groups is 1. The molecular weight excluding hydrogens is 287 g/mol. The van der Waals surface area contributed by atoms with Crippen molar-refractivity contribution in [1.29, 1.82) is 0 Å². The number of hydrogen-bond acceptors (Lipinski definition) is 6. The summed E-state index contributed by atoms with van der Waals surface area (Å²) in [7, 11) is -0.611. The summed E-state index contributed by atoms with van der Waals surface area (Å²) in [5.74, 6) is -0.0909. The molecule has 22 heavy (non-hydrogen) atoms. The van der Waals surface area contributed by atoms with E-state index in [1.165, 1.54) is 6.20 Å². The molecule has 0 N–H and O–H groups in total. The lowest BCUT2D eigenvalue weighted by Crippen LogP contribution is -2.41. The monoisotopic (exact) mass is 306 g/mol. The molecule has 2 aliphatic rings. The van der Waals surface area contributed by atoms with Crippen LogP contribution in [-0.2, 0) is 9.31 Å². The molecule has 1 aliphatic heterocycles. The quantitative estimate of drug-likeness (QED) is 0.479. The molecule has 0 bridgehead atoms. The predicted molar refractivity (Wildman–Crippen MR) is 80.3 cm³/mol. The van der Waals surface area contributed by atoms with Gasteiger partial charge in [-0.1, -0.05) is 0 Å². The van der Waals surface area contributed by atoms with Gasteiger partial charge in [-0.2, -0.15) is 0 Å². The van der Waals surface area contributed by atoms with Crippen LogP contribution in [0.4, 0.5) is 5.82 Å². The largest absolute Gasteiger partial charge is 0.498 e. The third kappa shape index (κ3) is 2.68. The minimum atomic E-state index is -0.611. The summed E-state index contributed by atoms with van der Waals surface area (Å²) in [6.07, 6.45) is 3.30. The number of nitrogens with zero attached hydrogens (tertiary/aromatic N) is 2. The summed E-state index contributed by atoms with van der Waals surface area (Å²) in [6, 6.07) is 1.60. The van der Waals surface area contributed by atoms with Gasteiger partial charge in [0.15, 0.2) is 0 Å². The molecule has 2 heterocycles. The second-order valence-electron chi connectivity index (χ2n) is 6.75. The van der Waals surface area contributed by atoms with E-state index >= 15 is 0 Å². The van der Waals surface area contributed by atoms with Gasteiger partial charge in [0.05, 0.1) is 17.3 Å². The van der Waals surface area contributed by atoms with E-state index in [2.05, 4.69) is 4.98 Å². The average molecular weight is 306 g/mol. The number of ether oxygens (including phenoxy) is 1. The molecule has 8 heteroatoms. The van der Waals surface area contributed by atoms with Gasteiger partial charge in [-0.3, -0.25) is 0 Å². The molecule has 1 aliphatic carbocycles. The Balaban J connectivity index is 1.90. The number of pyridine rings is 1. The second-order valence-corrected chi connectivity index (χ2v) is 6.75. The van der Waals surface area contributed by atoms with Crippen LogP contribution >= 0.6 is 0 Å². The van der Waals surface area contributed by atoms with Gasteiger partial charge in [-0.15, -0.1) is 0 Å². The minimum absolute atomic E-state index is 0.0500. The Morgan fingerprint density at radius 1 is 1.32 bits per heavy atom. The number of hydrogen-bond donors (Lipinski definition) is 0. The van der Waals surface area contributed by atoms with Crippen molar-refractivity contribution in [3.63, 3.8) is 0 Å². The van der Waals surface area contributed by atoms with Gasteiger partial charge in [0, 0.05) is 5.46 Å². The molecular formula is C14H19BN2O5. The molecule has 118 valence electrons. The Labute approximate surface area is 129 Å². The van der Waals surface area contributed by atoms with E-state index in [1.54, 1.807) is 6.07 Å². The molecule has 0 amide bonds. The van der Waals surface area contributed by atoms with E-state index in [0.717, 1.165) is 12.8 Å². The summed E-state index contributed by atoms with van der Waals surface area (Å²) in [6.45, 7) is 7.81. The predicted octanol–water partition coefficient (Wildman–Crippen LogP) is 1.83. The Hall–Kier alpha value is -1.67. The fraction of sp³-hybridized carbons (Fsp3) is 0.643. The Kier molecular flexibility index (Phi) is 3.41. The van der Waals surface area contributed by atoms with E-state index in [1.807, 2.05) is 27.7 Å². The molecule has 0 aromatic carbocycles. The fourth-order valence-electron chi connectivity index (χ4n) is 2.15. The second kappa shape index (κ2) is 4.92. The van der Waals surface area contributed by atoms with Crippen LogP contribution in [0.2, 0.25) is 0 Å². The minimum Gasteiger partial charge on any atom is -0.482 e. The summed E-state index contributed by atoms with van der Waals surface area (Å²) in [5, 5.41) is 11.1. The normalized spacial score (nSPS) is 22.6. The highest BCUT2D eigenvalue weighted by Gasteiger charge is 2.52. The molecule has 1 aromatic heterocycles. The lowest BCUT2D eigenvalue weighted by molar-refractivity contribution is -0.390. The van der Waals surface area contributed by atoms with Crippen molar-refractivity contribution in [2.24, 2.45) is 0 Å². The summed E-state index contributed by atoms with van der Waals surface area (Å²) in [5.41, 5.74) is -0.326. The van der Waals surface area contributed by atoms with Gasteiger partial charge in [0.25, 0.3) is 0 Å². The van der Waals surface area contributed by atoms with Crippen LogP contribution in [0.25, 0.3) is 0 Å². The van der Waals surface area contributed by atoms with Gasteiger partial charge < -0.3 is 24.2 Å². The van der Waals surface area contributed by atoms with Gasteiger partial charge in [-0.25, -0.2) is 0 Å². The van der Waals surface area contributed by atoms with Gasteiger partial charge >= 0.3 is 12.9 Å². The van der Waals surface area contributed by atoms with E-state index < -0.39 is 23.2 Å². The zero-order valence-electron chi connectivity index (χ0n) is 13.2. The zero-order valence-corrected chi connectivity index (χ0v) is 13.2. The zero-order chi connectivity index (χ0) is 16.1. The lowest BCUT2D eigenvalue weighted by atomic mass is 9.80. The van der Waals surface area contributed by atoms with E-state index in [4.69, 9.17) is 14.0 Å². The molecule has 7 nitrogen and oxygen atoms in total. The van der Waals surface area contributed by atoms with Crippen molar-refractivity contribution in [3.05, 3.63) is 22.4 Å². The number of rotatable bonds is 4. The number of aromatic nitrogens is 1. The van der Waals surface area contributed by atoms with Crippen molar-refractivity contribution in [2.45, 2.75) is 57.8 Å². The summed E-state index contributed by atoms with van der Waals surface area (Å²) < 4.78 is 17.5. The molecule has 0 atom stereocenters. The molecule has 1 saturated carbocycles. The Morgan fingerprint density at radius 2 is 1.91 bits per heavy atom. The Morgan fingerprint density at radius 3 is 2.41 bits per heavy atom. The highest BCUT2D eigenvalue weighted by atomic mass is 16.7. The van der Waals surface area contributed by atoms with Gasteiger partial charge in [-0.05, 0) is 56.5 Å². The fourth-order valence-corrected chi connectivity index (χ4v) is 2.15. The average Bonchev–Trinajstić information content (AvgIpc) is 3.17. The van der Waals surface area contributed by atoms with Crippen LogP contribution in [0.15, 0.2) is 12.3 Å². The van der Waals surface area contributed by atoms with E-state index in [9.17, 15) is 10.1 Å². The maximum atomic E-state index is 11.1. The maximum Gasteiger partial charge on any atom is 0.498 e. The first-order valence-corrected chi connectivity index (χ1v) is 7.36. The first-order chi connectivity index (χ1) is 10.2. The standard InChI is InChI=1S/C14H19BN2O5/c1-13(2)14(3,4)22-15(21-13)9-7-11(20-10-5-6-10)12(16-8-9)17(18)19/h7-8,10H,5-6H2,1-4H3. The molecule has 0 spiro atoms. The van der Waals surface area contributed by atoms with Crippen LogP contribution in [0.5, 0.6) is 5.75 Å². The van der Waals surface area contributed by atoms with Crippen molar-refractivity contribution < 1.29 is 19.0 Å². The highest BCUT2D eigenvalue weighted by molar-refractivity contribution is 6.62. The lowest BCUT2D eigenvalue weighted by Gasteiger charge is -2.32. The smallest absolute Gasteiger partial charge is 0.482 e. The topological polar surface area (TPSA) is 83.7 Å². The molecule has 1 saturated heterocycles. The summed E-state index contributed by atoms with van der Waals surface area (Å²) in [4.78, 5) is 14.4. The summed E-state index contributed by atoms with van der Waals surface area (Å²) >= 11 is 0. The SMILES string of the molecule is CC1(C)OB(c2cnc([N+](=O)[O-])c(OC3CC3)c2)OC1(C)C. The maximum absolute atomic E-state index is 11.1. The van der Waals surface area contributed by atoms with Crippen LogP contribution in [-0.4, -0.2) is 34.3 Å². The van der Waals surface area contributed by atoms with Crippen molar-refractivity contribution in [2.75, 3.05) is 0 Å². The first kappa shape index (κ1) is 15.2. The molecule has 0 radical (unpaired) electrons. The van der Waals surface area contributed by atoms with Crippen molar-refractivity contribution in [3.8, 4) is 5.75 Å². The third-order valence-corrected chi connectivity index (χ3v) is 4.37. The molecule has 0 unspecified atom stereocenters. The van der Waals surface area contributed by atoms with E-state index in [0.29, 0.717) is 5.46 Å². The van der Waals surface area contributed by atoms with Crippen LogP contribution < -0.4 is 10.2 Å². The molecule has 1 aromatic rings. The highest BCUT2D eigenvalue weighted by Crippen LogP contribution is 2.37. The Bertz CT molecular complexity index is 599.